The number of pyridine rings is 1. The monoisotopic (exact) mass is 479 g/mol. The zero-order chi connectivity index (χ0) is 18.4. The molecule has 1 aliphatic rings. The maximum absolute atomic E-state index is 12.3. The van der Waals surface area contributed by atoms with E-state index in [2.05, 4.69) is 26.7 Å². The molecule has 1 fully saturated rings. The van der Waals surface area contributed by atoms with E-state index in [0.717, 1.165) is 30.3 Å². The van der Waals surface area contributed by atoms with Crippen LogP contribution in [0, 0.1) is 6.92 Å². The van der Waals surface area contributed by atoms with Crippen molar-refractivity contribution < 1.29 is 4.79 Å². The van der Waals surface area contributed by atoms with Crippen molar-refractivity contribution in [3.05, 3.63) is 59.9 Å². The predicted octanol–water partition coefficient (Wildman–Crippen LogP) is 2.52. The average molecular weight is 479 g/mol. The molecule has 1 unspecified atom stereocenters. The number of aliphatic imine (C=N–C) groups is 1. The van der Waals surface area contributed by atoms with Crippen LogP contribution < -0.4 is 15.5 Å². The molecule has 144 valence electrons. The summed E-state index contributed by atoms with van der Waals surface area (Å²) in [5.41, 5.74) is 3.15. The molecule has 0 saturated carbocycles. The number of anilines is 1. The fourth-order valence-electron chi connectivity index (χ4n) is 3.02. The minimum absolute atomic E-state index is 0. The lowest BCUT2D eigenvalue weighted by Crippen LogP contribution is -2.45. The maximum atomic E-state index is 12.3. The molecule has 1 aromatic carbocycles. The number of carbonyl (C=O) groups excluding carboxylic acids is 1. The number of amides is 1. The van der Waals surface area contributed by atoms with Gasteiger partial charge in [-0.15, -0.1) is 24.0 Å². The number of benzene rings is 1. The van der Waals surface area contributed by atoms with E-state index in [1.54, 1.807) is 7.05 Å². The molecule has 0 spiro atoms. The summed E-state index contributed by atoms with van der Waals surface area (Å²) in [6.45, 7) is 3.38. The molecule has 1 atom stereocenters. The van der Waals surface area contributed by atoms with Gasteiger partial charge in [-0.25, -0.2) is 0 Å². The smallest absolute Gasteiger partial charge is 0.229 e. The van der Waals surface area contributed by atoms with Crippen molar-refractivity contribution in [1.29, 1.82) is 0 Å². The summed E-state index contributed by atoms with van der Waals surface area (Å²) in [4.78, 5) is 22.7. The Balaban J connectivity index is 0.00000261. The van der Waals surface area contributed by atoms with Gasteiger partial charge >= 0.3 is 0 Å². The summed E-state index contributed by atoms with van der Waals surface area (Å²) in [6.07, 6.45) is 3.24. The minimum Gasteiger partial charge on any atom is -0.356 e. The zero-order valence-corrected chi connectivity index (χ0v) is 18.0. The van der Waals surface area contributed by atoms with E-state index in [1.807, 2.05) is 54.4 Å². The number of aromatic nitrogens is 1. The summed E-state index contributed by atoms with van der Waals surface area (Å²) in [5, 5.41) is 6.66. The lowest BCUT2D eigenvalue weighted by Gasteiger charge is -2.19. The van der Waals surface area contributed by atoms with Crippen molar-refractivity contribution >= 4 is 41.5 Å². The highest BCUT2D eigenvalue weighted by Crippen LogP contribution is 2.20. The van der Waals surface area contributed by atoms with Crippen molar-refractivity contribution in [1.82, 2.24) is 15.6 Å². The second kappa shape index (κ2) is 10.2. The van der Waals surface area contributed by atoms with Gasteiger partial charge in [0.1, 0.15) is 0 Å². The van der Waals surface area contributed by atoms with E-state index in [-0.39, 0.29) is 35.9 Å². The Morgan fingerprint density at radius 2 is 2.04 bits per heavy atom. The van der Waals surface area contributed by atoms with Crippen molar-refractivity contribution in [2.75, 3.05) is 25.0 Å². The lowest BCUT2D eigenvalue weighted by atomic mass is 10.2. The van der Waals surface area contributed by atoms with E-state index in [4.69, 9.17) is 0 Å². The summed E-state index contributed by atoms with van der Waals surface area (Å²) in [6, 6.07) is 13.9. The molecule has 2 heterocycles. The molecular weight excluding hydrogens is 453 g/mol. The van der Waals surface area contributed by atoms with Gasteiger partial charge in [0.25, 0.3) is 0 Å². The molecule has 2 aromatic rings. The molecule has 3 rings (SSSR count). The van der Waals surface area contributed by atoms with Crippen molar-refractivity contribution in [2.24, 2.45) is 4.99 Å². The summed E-state index contributed by atoms with van der Waals surface area (Å²) < 4.78 is 0. The molecule has 1 aliphatic heterocycles. The normalized spacial score (nSPS) is 16.8. The molecule has 1 aromatic heterocycles. The van der Waals surface area contributed by atoms with Crippen LogP contribution in [-0.2, 0) is 11.2 Å². The summed E-state index contributed by atoms with van der Waals surface area (Å²) in [7, 11) is 1.74. The number of hydrogen-bond donors (Lipinski definition) is 2. The average Bonchev–Trinajstić information content (AvgIpc) is 3.03. The first-order chi connectivity index (χ1) is 12.7. The largest absolute Gasteiger partial charge is 0.356 e. The number of guanidine groups is 1. The molecule has 0 bridgehead atoms. The highest BCUT2D eigenvalue weighted by Gasteiger charge is 2.30. The molecule has 0 aliphatic carbocycles. The molecular formula is C20H26IN5O. The Morgan fingerprint density at radius 3 is 2.70 bits per heavy atom. The number of nitrogens with one attached hydrogen (secondary N) is 2. The van der Waals surface area contributed by atoms with Gasteiger partial charge in [-0.3, -0.25) is 14.8 Å². The van der Waals surface area contributed by atoms with E-state index in [1.165, 1.54) is 5.56 Å². The van der Waals surface area contributed by atoms with Gasteiger partial charge in [-0.1, -0.05) is 24.3 Å². The SMILES string of the molecule is CN=C(NCCc1ccc(C)nc1)NC1CC(=O)N(c2ccccc2)C1.I. The van der Waals surface area contributed by atoms with Crippen LogP contribution in [-0.4, -0.2) is 43.0 Å². The minimum atomic E-state index is 0. The van der Waals surface area contributed by atoms with Gasteiger partial charge in [0.05, 0.1) is 6.04 Å². The second-order valence-electron chi connectivity index (χ2n) is 6.44. The molecule has 0 radical (unpaired) electrons. The van der Waals surface area contributed by atoms with Gasteiger partial charge in [0.2, 0.25) is 5.91 Å². The van der Waals surface area contributed by atoms with Crippen LogP contribution >= 0.6 is 24.0 Å². The summed E-state index contributed by atoms with van der Waals surface area (Å²) in [5.74, 6) is 0.854. The van der Waals surface area contributed by atoms with E-state index >= 15 is 0 Å². The van der Waals surface area contributed by atoms with Gasteiger partial charge < -0.3 is 15.5 Å². The van der Waals surface area contributed by atoms with Crippen LogP contribution in [0.1, 0.15) is 17.7 Å². The van der Waals surface area contributed by atoms with Crippen molar-refractivity contribution in [2.45, 2.75) is 25.8 Å². The predicted molar refractivity (Wildman–Crippen MR) is 120 cm³/mol. The van der Waals surface area contributed by atoms with Crippen molar-refractivity contribution in [3.63, 3.8) is 0 Å². The topological polar surface area (TPSA) is 69.6 Å². The Labute approximate surface area is 177 Å². The molecule has 1 saturated heterocycles. The second-order valence-corrected chi connectivity index (χ2v) is 6.44. The van der Waals surface area contributed by atoms with Gasteiger partial charge in [-0.2, -0.15) is 0 Å². The van der Waals surface area contributed by atoms with Crippen LogP contribution in [0.15, 0.2) is 53.7 Å². The third-order valence-corrected chi connectivity index (χ3v) is 4.44. The Bertz CT molecular complexity index is 764. The highest BCUT2D eigenvalue weighted by molar-refractivity contribution is 14.0. The van der Waals surface area contributed by atoms with Gasteiger partial charge in [-0.05, 0) is 37.1 Å². The number of carbonyl (C=O) groups is 1. The summed E-state index contributed by atoms with van der Waals surface area (Å²) >= 11 is 0. The molecule has 6 nitrogen and oxygen atoms in total. The molecule has 1 amide bonds. The first-order valence-corrected chi connectivity index (χ1v) is 8.90. The quantitative estimate of drug-likeness (QED) is 0.393. The fraction of sp³-hybridized carbons (Fsp3) is 0.350. The Kier molecular flexibility index (Phi) is 8.02. The van der Waals surface area contributed by atoms with Gasteiger partial charge in [0.15, 0.2) is 5.96 Å². The third kappa shape index (κ3) is 5.92. The Hall–Kier alpha value is -2.16. The standard InChI is InChI=1S/C20H25N5O.HI/c1-15-8-9-16(13-23-15)10-11-22-20(21-2)24-17-12-19(26)25(14-17)18-6-4-3-5-7-18;/h3-9,13,17H,10-12,14H2,1-2H3,(H2,21,22,24);1H. The first-order valence-electron chi connectivity index (χ1n) is 8.90. The fourth-order valence-corrected chi connectivity index (χ4v) is 3.02. The molecule has 27 heavy (non-hydrogen) atoms. The van der Waals surface area contributed by atoms with Crippen LogP contribution in [0.2, 0.25) is 0 Å². The number of para-hydroxylation sites is 1. The lowest BCUT2D eigenvalue weighted by molar-refractivity contribution is -0.117. The van der Waals surface area contributed by atoms with E-state index < -0.39 is 0 Å². The zero-order valence-electron chi connectivity index (χ0n) is 15.7. The van der Waals surface area contributed by atoms with Crippen LogP contribution in [0.3, 0.4) is 0 Å². The maximum Gasteiger partial charge on any atom is 0.229 e. The third-order valence-electron chi connectivity index (χ3n) is 4.44. The van der Waals surface area contributed by atoms with Crippen LogP contribution in [0.25, 0.3) is 0 Å². The number of aryl methyl sites for hydroxylation is 1. The molecule has 7 heteroatoms. The van der Waals surface area contributed by atoms with Gasteiger partial charge in [0, 0.05) is 44.1 Å². The van der Waals surface area contributed by atoms with Crippen molar-refractivity contribution in [3.8, 4) is 0 Å². The Morgan fingerprint density at radius 1 is 1.26 bits per heavy atom. The number of rotatable bonds is 5. The molecule has 2 N–H and O–H groups in total. The van der Waals surface area contributed by atoms with Crippen LogP contribution in [0.4, 0.5) is 5.69 Å². The highest BCUT2D eigenvalue weighted by atomic mass is 127. The first kappa shape index (κ1) is 21.1. The number of nitrogens with zero attached hydrogens (tertiary/aromatic N) is 3. The van der Waals surface area contributed by atoms with Crippen LogP contribution in [0.5, 0.6) is 0 Å². The van der Waals surface area contributed by atoms with E-state index in [0.29, 0.717) is 13.0 Å². The number of hydrogen-bond acceptors (Lipinski definition) is 3. The van der Waals surface area contributed by atoms with E-state index in [9.17, 15) is 4.79 Å². The number of halogens is 1.